The first-order valence-corrected chi connectivity index (χ1v) is 8.03. The van der Waals surface area contributed by atoms with E-state index < -0.39 is 47.9 Å². The fourth-order valence-corrected chi connectivity index (χ4v) is 3.21. The lowest BCUT2D eigenvalue weighted by atomic mass is 9.81. The van der Waals surface area contributed by atoms with E-state index in [0.717, 1.165) is 20.8 Å². The van der Waals surface area contributed by atoms with Crippen molar-refractivity contribution in [3.63, 3.8) is 0 Å². The number of esters is 2. The number of hydrogen-bond acceptors (Lipinski definition) is 8. The number of ether oxygens (including phenoxy) is 4. The monoisotopic (exact) mass is 430 g/mol. The van der Waals surface area contributed by atoms with E-state index in [1.165, 1.54) is 7.11 Å². The highest BCUT2D eigenvalue weighted by molar-refractivity contribution is 14.1. The van der Waals surface area contributed by atoms with E-state index >= 15 is 0 Å². The second-order valence-corrected chi connectivity index (χ2v) is 5.75. The summed E-state index contributed by atoms with van der Waals surface area (Å²) in [5, 5.41) is 10.8. The highest BCUT2D eigenvalue weighted by Gasteiger charge is 2.61. The lowest BCUT2D eigenvalue weighted by Gasteiger charge is -2.48. The molecule has 0 aromatic carbocycles. The number of rotatable bonds is 5. The van der Waals surface area contributed by atoms with Gasteiger partial charge in [-0.3, -0.25) is 14.4 Å². The zero-order valence-corrected chi connectivity index (χ0v) is 14.9. The standard InChI is InChI=1S/C13H19IO8/c1-6(15)13(18)9(5-14)22-12(19-4)10(20-7(2)16)11(13)21-8(3)17/h9-12,18H,5H2,1-4H3/t9-,10+,11-,12+,13-/m1/s1. The number of hydrogen-bond donors (Lipinski definition) is 1. The first kappa shape index (κ1) is 19.3. The van der Waals surface area contributed by atoms with Gasteiger partial charge in [0.25, 0.3) is 0 Å². The van der Waals surface area contributed by atoms with Gasteiger partial charge < -0.3 is 24.1 Å². The van der Waals surface area contributed by atoms with Crippen LogP contribution < -0.4 is 0 Å². The van der Waals surface area contributed by atoms with Crippen molar-refractivity contribution in [3.8, 4) is 0 Å². The molecule has 0 amide bonds. The number of Topliss-reactive ketones (excluding diaryl/α,β-unsaturated/α-hetero) is 1. The largest absolute Gasteiger partial charge is 0.455 e. The van der Waals surface area contributed by atoms with Gasteiger partial charge in [-0.25, -0.2) is 0 Å². The Hall–Kier alpha value is -0.780. The van der Waals surface area contributed by atoms with E-state index in [0.29, 0.717) is 0 Å². The number of carbonyl (C=O) groups is 3. The Kier molecular flexibility index (Phi) is 6.71. The van der Waals surface area contributed by atoms with Gasteiger partial charge in [0, 0.05) is 25.4 Å². The minimum atomic E-state index is -2.14. The van der Waals surface area contributed by atoms with Crippen LogP contribution in [-0.2, 0) is 33.3 Å². The summed E-state index contributed by atoms with van der Waals surface area (Å²) >= 11 is 1.93. The van der Waals surface area contributed by atoms with Crippen molar-refractivity contribution in [3.05, 3.63) is 0 Å². The van der Waals surface area contributed by atoms with Crippen LogP contribution in [0.2, 0.25) is 0 Å². The van der Waals surface area contributed by atoms with Crippen LogP contribution in [-0.4, -0.2) is 64.6 Å². The van der Waals surface area contributed by atoms with Crippen molar-refractivity contribution >= 4 is 40.3 Å². The molecule has 1 rings (SSSR count). The van der Waals surface area contributed by atoms with Crippen LogP contribution >= 0.6 is 22.6 Å². The molecule has 9 heteroatoms. The Bertz CT molecular complexity index is 453. The summed E-state index contributed by atoms with van der Waals surface area (Å²) in [7, 11) is 1.31. The molecule has 0 bridgehead atoms. The topological polar surface area (TPSA) is 108 Å². The van der Waals surface area contributed by atoms with E-state index in [1.807, 2.05) is 22.6 Å². The highest BCUT2D eigenvalue weighted by Crippen LogP contribution is 2.36. The molecule has 0 spiro atoms. The number of carbonyl (C=O) groups excluding carboxylic acids is 3. The van der Waals surface area contributed by atoms with Crippen molar-refractivity contribution in [1.82, 2.24) is 0 Å². The summed E-state index contributed by atoms with van der Waals surface area (Å²) < 4.78 is 21.0. The van der Waals surface area contributed by atoms with Crippen LogP contribution in [0.25, 0.3) is 0 Å². The van der Waals surface area contributed by atoms with Crippen LogP contribution in [0, 0.1) is 0 Å². The van der Waals surface area contributed by atoms with Crippen molar-refractivity contribution in [2.75, 3.05) is 11.5 Å². The maximum atomic E-state index is 12.0. The van der Waals surface area contributed by atoms with E-state index in [4.69, 9.17) is 18.9 Å². The average Bonchev–Trinajstić information content (AvgIpc) is 2.42. The quantitative estimate of drug-likeness (QED) is 0.368. The van der Waals surface area contributed by atoms with Crippen LogP contribution in [0.15, 0.2) is 0 Å². The number of methoxy groups -OCH3 is 1. The summed E-state index contributed by atoms with van der Waals surface area (Å²) in [6, 6.07) is 0. The number of halogens is 1. The molecule has 1 saturated heterocycles. The first-order valence-electron chi connectivity index (χ1n) is 6.50. The van der Waals surface area contributed by atoms with E-state index in [1.54, 1.807) is 0 Å². The molecule has 0 saturated carbocycles. The average molecular weight is 430 g/mol. The summed E-state index contributed by atoms with van der Waals surface area (Å²) in [5.41, 5.74) is -2.14. The van der Waals surface area contributed by atoms with E-state index in [-0.39, 0.29) is 4.43 Å². The molecule has 0 aliphatic carbocycles. The third kappa shape index (κ3) is 3.76. The lowest BCUT2D eigenvalue weighted by Crippen LogP contribution is -2.71. The molecule has 0 aromatic rings. The highest BCUT2D eigenvalue weighted by atomic mass is 127. The van der Waals surface area contributed by atoms with Gasteiger partial charge in [0.2, 0.25) is 0 Å². The van der Waals surface area contributed by atoms with Gasteiger partial charge >= 0.3 is 11.9 Å². The Balaban J connectivity index is 3.34. The zero-order chi connectivity index (χ0) is 17.1. The minimum absolute atomic E-state index is 0.234. The molecule has 1 aliphatic rings. The fourth-order valence-electron chi connectivity index (χ4n) is 2.33. The predicted octanol–water partition coefficient (Wildman–Crippen LogP) is -0.0238. The van der Waals surface area contributed by atoms with Crippen molar-refractivity contribution in [2.45, 2.75) is 51.0 Å². The summed E-state index contributed by atoms with van der Waals surface area (Å²) in [5.74, 6) is -2.08. The maximum absolute atomic E-state index is 12.0. The molecule has 8 nitrogen and oxygen atoms in total. The molecule has 5 atom stereocenters. The lowest BCUT2D eigenvalue weighted by molar-refractivity contribution is -0.311. The number of aliphatic hydroxyl groups is 1. The SMILES string of the molecule is CO[C@H]1O[C@H](CI)[C@](O)(C(C)=O)[C@H](OC(C)=O)[C@@H]1OC(C)=O. The van der Waals surface area contributed by atoms with Crippen LogP contribution in [0.1, 0.15) is 20.8 Å². The first-order chi connectivity index (χ1) is 10.2. The van der Waals surface area contributed by atoms with Gasteiger partial charge in [-0.05, 0) is 6.92 Å². The van der Waals surface area contributed by atoms with Crippen molar-refractivity contribution < 1.29 is 38.4 Å². The van der Waals surface area contributed by atoms with Gasteiger partial charge in [0.15, 0.2) is 29.9 Å². The Morgan fingerprint density at radius 3 is 2.09 bits per heavy atom. The molecule has 0 unspecified atom stereocenters. The Morgan fingerprint density at radius 1 is 1.18 bits per heavy atom. The van der Waals surface area contributed by atoms with Gasteiger partial charge in [-0.15, -0.1) is 0 Å². The van der Waals surface area contributed by atoms with Gasteiger partial charge in [0.1, 0.15) is 6.10 Å². The fraction of sp³-hybridized carbons (Fsp3) is 0.769. The molecule has 1 N–H and O–H groups in total. The smallest absolute Gasteiger partial charge is 0.303 e. The summed E-state index contributed by atoms with van der Waals surface area (Å²) in [4.78, 5) is 34.7. The third-order valence-corrected chi connectivity index (χ3v) is 4.12. The number of alkyl halides is 1. The third-order valence-electron chi connectivity index (χ3n) is 3.32. The minimum Gasteiger partial charge on any atom is -0.455 e. The molecule has 22 heavy (non-hydrogen) atoms. The second kappa shape index (κ2) is 7.66. The zero-order valence-electron chi connectivity index (χ0n) is 12.7. The van der Waals surface area contributed by atoms with Crippen LogP contribution in [0.5, 0.6) is 0 Å². The van der Waals surface area contributed by atoms with Crippen molar-refractivity contribution in [2.24, 2.45) is 0 Å². The summed E-state index contributed by atoms with van der Waals surface area (Å²) in [6.07, 6.45) is -4.75. The molecule has 0 aromatic heterocycles. The summed E-state index contributed by atoms with van der Waals surface area (Å²) in [6.45, 7) is 3.42. The van der Waals surface area contributed by atoms with Crippen LogP contribution in [0.3, 0.4) is 0 Å². The molecular formula is C13H19IO8. The van der Waals surface area contributed by atoms with E-state index in [9.17, 15) is 19.5 Å². The Morgan fingerprint density at radius 2 is 1.73 bits per heavy atom. The molecule has 1 aliphatic heterocycles. The Labute approximate surface area is 141 Å². The predicted molar refractivity (Wildman–Crippen MR) is 81.3 cm³/mol. The van der Waals surface area contributed by atoms with Crippen LogP contribution in [0.4, 0.5) is 0 Å². The number of ketones is 1. The van der Waals surface area contributed by atoms with E-state index in [2.05, 4.69) is 0 Å². The molecule has 1 fully saturated rings. The molecule has 126 valence electrons. The molecule has 1 heterocycles. The van der Waals surface area contributed by atoms with Gasteiger partial charge in [-0.2, -0.15) is 0 Å². The van der Waals surface area contributed by atoms with Gasteiger partial charge in [0.05, 0.1) is 0 Å². The molecular weight excluding hydrogens is 411 g/mol. The molecule has 0 radical (unpaired) electrons. The van der Waals surface area contributed by atoms with Gasteiger partial charge in [-0.1, -0.05) is 22.6 Å². The normalized spacial score (nSPS) is 34.8. The second-order valence-electron chi connectivity index (χ2n) is 4.87. The van der Waals surface area contributed by atoms with Crippen molar-refractivity contribution in [1.29, 1.82) is 0 Å². The maximum Gasteiger partial charge on any atom is 0.303 e.